The second-order valence-corrected chi connectivity index (χ2v) is 5.52. The standard InChI is InChI=1S/C9H20O8S2/c1-5(10)9(6(2)11,7(3)16-18(12)13)8(4)17-19(14)15/h5-8,10-11H,1-4H3,(H,12,13)(H,14,15). The summed E-state index contributed by atoms with van der Waals surface area (Å²) in [6, 6.07) is 0. The highest BCUT2D eigenvalue weighted by Crippen LogP contribution is 2.39. The number of rotatable bonds is 8. The summed E-state index contributed by atoms with van der Waals surface area (Å²) in [6.07, 6.45) is -4.69. The lowest BCUT2D eigenvalue weighted by Crippen LogP contribution is -2.58. The third-order valence-corrected chi connectivity index (χ3v) is 4.22. The van der Waals surface area contributed by atoms with Crippen LogP contribution >= 0.6 is 0 Å². The molecule has 0 rings (SSSR count). The van der Waals surface area contributed by atoms with Gasteiger partial charge in [-0.05, 0) is 27.7 Å². The molecular weight excluding hydrogens is 300 g/mol. The Labute approximate surface area is 117 Å². The largest absolute Gasteiger partial charge is 0.393 e. The smallest absolute Gasteiger partial charge is 0.302 e. The van der Waals surface area contributed by atoms with Crippen molar-refractivity contribution < 1.29 is 36.1 Å². The molecule has 0 spiro atoms. The minimum Gasteiger partial charge on any atom is -0.393 e. The van der Waals surface area contributed by atoms with E-state index in [0.29, 0.717) is 0 Å². The zero-order valence-corrected chi connectivity index (χ0v) is 12.7. The van der Waals surface area contributed by atoms with Gasteiger partial charge in [-0.2, -0.15) is 8.42 Å². The van der Waals surface area contributed by atoms with Crippen molar-refractivity contribution >= 4 is 22.7 Å². The molecule has 0 aliphatic rings. The zero-order chi connectivity index (χ0) is 15.4. The average Bonchev–Trinajstić information content (AvgIpc) is 2.13. The van der Waals surface area contributed by atoms with Crippen molar-refractivity contribution in [2.45, 2.75) is 52.1 Å². The van der Waals surface area contributed by atoms with Gasteiger partial charge in [-0.1, -0.05) is 0 Å². The average molecular weight is 320 g/mol. The fraction of sp³-hybridized carbons (Fsp3) is 1.00. The molecule has 10 heteroatoms. The van der Waals surface area contributed by atoms with E-state index in [0.717, 1.165) is 0 Å². The maximum absolute atomic E-state index is 10.7. The van der Waals surface area contributed by atoms with Gasteiger partial charge >= 0.3 is 22.7 Å². The van der Waals surface area contributed by atoms with Crippen molar-refractivity contribution in [3.05, 3.63) is 0 Å². The first-order chi connectivity index (χ1) is 8.56. The van der Waals surface area contributed by atoms with E-state index in [1.165, 1.54) is 27.7 Å². The fourth-order valence-electron chi connectivity index (χ4n) is 2.45. The van der Waals surface area contributed by atoms with Gasteiger partial charge in [0.05, 0.1) is 29.8 Å². The maximum Gasteiger partial charge on any atom is 0.302 e. The summed E-state index contributed by atoms with van der Waals surface area (Å²) in [5, 5.41) is 19.8. The molecule has 0 aromatic rings. The van der Waals surface area contributed by atoms with Crippen LogP contribution in [0.15, 0.2) is 0 Å². The van der Waals surface area contributed by atoms with Crippen LogP contribution in [0.4, 0.5) is 0 Å². The van der Waals surface area contributed by atoms with Gasteiger partial charge in [-0.25, -0.2) is 0 Å². The van der Waals surface area contributed by atoms with Crippen molar-refractivity contribution in [2.75, 3.05) is 0 Å². The second-order valence-electron chi connectivity index (χ2n) is 4.26. The molecule has 4 N–H and O–H groups in total. The second kappa shape index (κ2) is 7.74. The van der Waals surface area contributed by atoms with Crippen molar-refractivity contribution in [1.29, 1.82) is 0 Å². The van der Waals surface area contributed by atoms with Crippen molar-refractivity contribution in [3.63, 3.8) is 0 Å². The Hall–Kier alpha value is 0.0600. The Kier molecular flexibility index (Phi) is 7.76. The third kappa shape index (κ3) is 4.53. The van der Waals surface area contributed by atoms with Crippen LogP contribution < -0.4 is 0 Å². The minimum atomic E-state index is -2.62. The SMILES string of the molecule is CC(O)C(C(C)O)(C(C)OS(=O)O)C(C)OS(=O)O. The molecule has 0 saturated carbocycles. The highest BCUT2D eigenvalue weighted by atomic mass is 32.2. The Balaban J connectivity index is 5.54. The van der Waals surface area contributed by atoms with Crippen molar-refractivity contribution in [3.8, 4) is 0 Å². The molecule has 6 unspecified atom stereocenters. The van der Waals surface area contributed by atoms with Gasteiger partial charge < -0.3 is 10.2 Å². The highest BCUT2D eigenvalue weighted by Gasteiger charge is 2.52. The first-order valence-electron chi connectivity index (χ1n) is 5.48. The lowest BCUT2D eigenvalue weighted by molar-refractivity contribution is -0.158. The van der Waals surface area contributed by atoms with Crippen LogP contribution in [0.5, 0.6) is 0 Å². The molecule has 0 heterocycles. The van der Waals surface area contributed by atoms with E-state index in [1.807, 2.05) is 0 Å². The molecule has 0 saturated heterocycles. The molecule has 116 valence electrons. The summed E-state index contributed by atoms with van der Waals surface area (Å²) in [5.41, 5.74) is -1.56. The third-order valence-electron chi connectivity index (χ3n) is 3.31. The number of hydrogen-bond acceptors (Lipinski definition) is 6. The van der Waals surface area contributed by atoms with E-state index < -0.39 is 52.6 Å². The van der Waals surface area contributed by atoms with E-state index >= 15 is 0 Å². The summed E-state index contributed by atoms with van der Waals surface area (Å²) >= 11 is -5.24. The fourth-order valence-corrected chi connectivity index (χ4v) is 3.28. The van der Waals surface area contributed by atoms with Gasteiger partial charge in [-0.15, -0.1) is 0 Å². The Morgan fingerprint density at radius 3 is 1.26 bits per heavy atom. The predicted octanol–water partition coefficient (Wildman–Crippen LogP) is -0.182. The summed E-state index contributed by atoms with van der Waals surface area (Å²) in [5.74, 6) is 0. The summed E-state index contributed by atoms with van der Waals surface area (Å²) in [4.78, 5) is 0. The van der Waals surface area contributed by atoms with Gasteiger partial charge in [0.2, 0.25) is 0 Å². The monoisotopic (exact) mass is 320 g/mol. The molecule has 0 bridgehead atoms. The van der Waals surface area contributed by atoms with E-state index in [9.17, 15) is 18.6 Å². The Bertz CT molecular complexity index is 300. The molecule has 0 fully saturated rings. The van der Waals surface area contributed by atoms with E-state index in [1.54, 1.807) is 0 Å². The molecule has 0 aliphatic carbocycles. The van der Waals surface area contributed by atoms with Gasteiger partial charge in [0.1, 0.15) is 0 Å². The highest BCUT2D eigenvalue weighted by molar-refractivity contribution is 7.74. The van der Waals surface area contributed by atoms with Gasteiger partial charge in [0, 0.05) is 0 Å². The first-order valence-corrected chi connectivity index (χ1v) is 7.55. The normalized spacial score (nSPS) is 24.8. The van der Waals surface area contributed by atoms with Crippen LogP contribution in [0.2, 0.25) is 0 Å². The molecule has 19 heavy (non-hydrogen) atoms. The predicted molar refractivity (Wildman–Crippen MR) is 68.4 cm³/mol. The summed E-state index contributed by atoms with van der Waals surface area (Å²) in [6.45, 7) is 5.36. The van der Waals surface area contributed by atoms with Gasteiger partial charge in [0.15, 0.2) is 0 Å². The lowest BCUT2D eigenvalue weighted by Gasteiger charge is -2.45. The molecule has 6 atom stereocenters. The molecule has 0 aliphatic heterocycles. The number of hydrogen-bond donors (Lipinski definition) is 4. The molecule has 0 aromatic carbocycles. The molecule has 0 aromatic heterocycles. The van der Waals surface area contributed by atoms with E-state index in [-0.39, 0.29) is 0 Å². The quantitative estimate of drug-likeness (QED) is 0.452. The lowest BCUT2D eigenvalue weighted by atomic mass is 9.70. The first kappa shape index (κ1) is 19.1. The van der Waals surface area contributed by atoms with Crippen LogP contribution in [0.25, 0.3) is 0 Å². The minimum absolute atomic E-state index is 1.11. The van der Waals surface area contributed by atoms with Crippen LogP contribution in [0.1, 0.15) is 27.7 Å². The Morgan fingerprint density at radius 2 is 1.11 bits per heavy atom. The molecule has 0 radical (unpaired) electrons. The molecular formula is C9H20O8S2. The number of aliphatic hydroxyl groups excluding tert-OH is 2. The Morgan fingerprint density at radius 1 is 0.842 bits per heavy atom. The van der Waals surface area contributed by atoms with Gasteiger partial charge in [-0.3, -0.25) is 17.5 Å². The number of aliphatic hydroxyl groups is 2. The van der Waals surface area contributed by atoms with E-state index in [2.05, 4.69) is 8.37 Å². The van der Waals surface area contributed by atoms with Gasteiger partial charge in [0.25, 0.3) is 0 Å². The topological polar surface area (TPSA) is 134 Å². The zero-order valence-electron chi connectivity index (χ0n) is 11.0. The summed E-state index contributed by atoms with van der Waals surface area (Å²) < 4.78 is 48.3. The summed E-state index contributed by atoms with van der Waals surface area (Å²) in [7, 11) is 0. The van der Waals surface area contributed by atoms with Crippen molar-refractivity contribution in [2.24, 2.45) is 5.41 Å². The van der Waals surface area contributed by atoms with Crippen LogP contribution in [-0.4, -0.2) is 52.2 Å². The molecule has 8 nitrogen and oxygen atoms in total. The van der Waals surface area contributed by atoms with Crippen LogP contribution in [0.3, 0.4) is 0 Å². The maximum atomic E-state index is 10.7. The van der Waals surface area contributed by atoms with Crippen molar-refractivity contribution in [1.82, 2.24) is 0 Å². The molecule has 0 amide bonds. The van der Waals surface area contributed by atoms with Crippen LogP contribution in [0, 0.1) is 5.41 Å². The van der Waals surface area contributed by atoms with Crippen LogP contribution in [-0.2, 0) is 31.1 Å². The van der Waals surface area contributed by atoms with E-state index in [4.69, 9.17) is 9.11 Å².